The molecule has 0 radical (unpaired) electrons. The van der Waals surface area contributed by atoms with E-state index in [9.17, 15) is 19.4 Å². The number of ether oxygens (including phenoxy) is 1. The van der Waals surface area contributed by atoms with Crippen molar-refractivity contribution in [2.24, 2.45) is 5.41 Å². The Morgan fingerprint density at radius 2 is 1.91 bits per heavy atom. The zero-order valence-corrected chi connectivity index (χ0v) is 18.8. The number of hydrogen-bond acceptors (Lipinski definition) is 3. The van der Waals surface area contributed by atoms with Crippen LogP contribution < -0.4 is 0 Å². The van der Waals surface area contributed by atoms with Crippen LogP contribution in [0.4, 0.5) is 4.39 Å². The molecule has 0 saturated carbocycles. The second-order valence-electron chi connectivity index (χ2n) is 9.41. The van der Waals surface area contributed by atoms with Crippen LogP contribution >= 0.6 is 0 Å². The average Bonchev–Trinajstić information content (AvgIpc) is 3.08. The lowest BCUT2D eigenvalue weighted by molar-refractivity contribution is -0.147. The number of phenols is 1. The van der Waals surface area contributed by atoms with Crippen molar-refractivity contribution in [2.75, 3.05) is 13.2 Å². The average molecular weight is 440 g/mol. The van der Waals surface area contributed by atoms with Gasteiger partial charge in [-0.15, -0.1) is 0 Å². The molecule has 2 N–H and O–H groups in total. The molecule has 0 bridgehead atoms. The lowest BCUT2D eigenvalue weighted by Gasteiger charge is -2.26. The quantitative estimate of drug-likeness (QED) is 0.515. The first kappa shape index (κ1) is 22.3. The SMILES string of the molecule is Cc1cc(-n2c(C3CCOCC3)c(CCC(C)(C)C(=O)O)c3cc(O)ccc32)ccc1F. The van der Waals surface area contributed by atoms with E-state index in [4.69, 9.17) is 4.74 Å². The van der Waals surface area contributed by atoms with E-state index in [1.165, 1.54) is 6.07 Å². The van der Waals surface area contributed by atoms with Gasteiger partial charge < -0.3 is 19.5 Å². The Morgan fingerprint density at radius 3 is 2.56 bits per heavy atom. The highest BCUT2D eigenvalue weighted by Crippen LogP contribution is 2.41. The van der Waals surface area contributed by atoms with Gasteiger partial charge in [0.1, 0.15) is 11.6 Å². The Morgan fingerprint density at radius 1 is 1.19 bits per heavy atom. The molecular weight excluding hydrogens is 409 g/mol. The number of carboxylic acid groups (broad SMARTS) is 1. The number of phenolic OH excluding ortho intramolecular Hbond substituents is 1. The lowest BCUT2D eigenvalue weighted by Crippen LogP contribution is -2.24. The summed E-state index contributed by atoms with van der Waals surface area (Å²) in [5.74, 6) is -0.682. The van der Waals surface area contributed by atoms with Crippen molar-refractivity contribution < 1.29 is 24.1 Å². The summed E-state index contributed by atoms with van der Waals surface area (Å²) >= 11 is 0. The smallest absolute Gasteiger partial charge is 0.309 e. The van der Waals surface area contributed by atoms with Crippen LogP contribution in [0.2, 0.25) is 0 Å². The van der Waals surface area contributed by atoms with E-state index in [0.717, 1.165) is 40.7 Å². The highest BCUT2D eigenvalue weighted by Gasteiger charge is 2.31. The molecule has 2 aromatic carbocycles. The molecule has 0 spiro atoms. The first-order valence-electron chi connectivity index (χ1n) is 11.1. The van der Waals surface area contributed by atoms with Crippen LogP contribution in [0.5, 0.6) is 5.75 Å². The van der Waals surface area contributed by atoms with Crippen molar-refractivity contribution in [1.29, 1.82) is 0 Å². The van der Waals surface area contributed by atoms with Gasteiger partial charge in [-0.25, -0.2) is 4.39 Å². The number of halogens is 1. The third-order valence-electron chi connectivity index (χ3n) is 6.68. The summed E-state index contributed by atoms with van der Waals surface area (Å²) in [5, 5.41) is 20.8. The summed E-state index contributed by atoms with van der Waals surface area (Å²) in [6.07, 6.45) is 2.75. The monoisotopic (exact) mass is 439 g/mol. The van der Waals surface area contributed by atoms with E-state index in [2.05, 4.69) is 4.57 Å². The molecule has 1 aliphatic heterocycles. The molecule has 5 nitrogen and oxygen atoms in total. The van der Waals surface area contributed by atoms with E-state index in [-0.39, 0.29) is 17.5 Å². The first-order chi connectivity index (χ1) is 15.2. The summed E-state index contributed by atoms with van der Waals surface area (Å²) in [7, 11) is 0. The maximum absolute atomic E-state index is 14.1. The minimum absolute atomic E-state index is 0.169. The molecule has 1 saturated heterocycles. The van der Waals surface area contributed by atoms with Crippen LogP contribution in [0, 0.1) is 18.2 Å². The van der Waals surface area contributed by atoms with Gasteiger partial charge in [0.15, 0.2) is 0 Å². The van der Waals surface area contributed by atoms with Crippen molar-refractivity contribution in [1.82, 2.24) is 4.57 Å². The Kier molecular flexibility index (Phi) is 5.99. The zero-order valence-electron chi connectivity index (χ0n) is 18.8. The number of aromatic hydroxyl groups is 1. The fraction of sp³-hybridized carbons (Fsp3) is 0.423. The van der Waals surface area contributed by atoms with Crippen molar-refractivity contribution in [3.63, 3.8) is 0 Å². The standard InChI is InChI=1S/C26H30FNO4/c1-16-14-18(4-6-22(16)27)28-23-7-5-19(29)15-21(23)20(8-11-26(2,3)25(30)31)24(28)17-9-12-32-13-10-17/h4-7,14-15,17,29H,8-13H2,1-3H3,(H,30,31). The van der Waals surface area contributed by atoms with Gasteiger partial charge in [0, 0.05) is 35.9 Å². The van der Waals surface area contributed by atoms with Crippen molar-refractivity contribution >= 4 is 16.9 Å². The van der Waals surface area contributed by atoms with Crippen molar-refractivity contribution in [3.8, 4) is 11.4 Å². The first-order valence-corrected chi connectivity index (χ1v) is 11.1. The van der Waals surface area contributed by atoms with Gasteiger partial charge in [-0.05, 0) is 94.0 Å². The topological polar surface area (TPSA) is 71.7 Å². The summed E-state index contributed by atoms with van der Waals surface area (Å²) in [4.78, 5) is 11.7. The number of hydrogen-bond donors (Lipinski definition) is 2. The summed E-state index contributed by atoms with van der Waals surface area (Å²) in [6.45, 7) is 6.56. The van der Waals surface area contributed by atoms with Crippen LogP contribution in [0.25, 0.3) is 16.6 Å². The summed E-state index contributed by atoms with van der Waals surface area (Å²) in [6, 6.07) is 10.4. The fourth-order valence-corrected chi connectivity index (χ4v) is 4.62. The van der Waals surface area contributed by atoms with Gasteiger partial charge in [0.2, 0.25) is 0 Å². The molecule has 0 unspecified atom stereocenters. The van der Waals surface area contributed by atoms with Crippen LogP contribution in [-0.2, 0) is 16.0 Å². The number of aliphatic carboxylic acids is 1. The van der Waals surface area contributed by atoms with Crippen LogP contribution in [-0.4, -0.2) is 34.0 Å². The van der Waals surface area contributed by atoms with Crippen LogP contribution in [0.1, 0.15) is 55.8 Å². The Labute approximate surface area is 187 Å². The number of aromatic nitrogens is 1. The largest absolute Gasteiger partial charge is 0.508 e. The molecular formula is C26H30FNO4. The van der Waals surface area contributed by atoms with E-state index in [1.54, 1.807) is 39.0 Å². The fourth-order valence-electron chi connectivity index (χ4n) is 4.62. The van der Waals surface area contributed by atoms with Crippen LogP contribution in [0.3, 0.4) is 0 Å². The minimum Gasteiger partial charge on any atom is -0.508 e. The molecule has 6 heteroatoms. The number of benzene rings is 2. The number of carbonyl (C=O) groups is 1. The molecule has 0 aliphatic carbocycles. The molecule has 2 heterocycles. The predicted octanol–water partition coefficient (Wildman–Crippen LogP) is 5.72. The Hall–Kier alpha value is -2.86. The number of aryl methyl sites for hydroxylation is 2. The number of rotatable bonds is 6. The highest BCUT2D eigenvalue weighted by molar-refractivity contribution is 5.89. The number of nitrogens with zero attached hydrogens (tertiary/aromatic N) is 1. The zero-order chi connectivity index (χ0) is 23.0. The molecule has 0 amide bonds. The number of carboxylic acids is 1. The highest BCUT2D eigenvalue weighted by atomic mass is 19.1. The van der Waals surface area contributed by atoms with Gasteiger partial charge in [0.25, 0.3) is 0 Å². The van der Waals surface area contributed by atoms with E-state index >= 15 is 0 Å². The second kappa shape index (κ2) is 8.58. The lowest BCUT2D eigenvalue weighted by atomic mass is 9.84. The maximum atomic E-state index is 14.1. The molecule has 0 atom stereocenters. The van der Waals surface area contributed by atoms with Gasteiger partial charge >= 0.3 is 5.97 Å². The van der Waals surface area contributed by atoms with E-state index < -0.39 is 11.4 Å². The van der Waals surface area contributed by atoms with Gasteiger partial charge in [0.05, 0.1) is 10.9 Å². The molecule has 3 aromatic rings. The van der Waals surface area contributed by atoms with Gasteiger partial charge in [-0.2, -0.15) is 0 Å². The molecule has 170 valence electrons. The second-order valence-corrected chi connectivity index (χ2v) is 9.41. The van der Waals surface area contributed by atoms with E-state index in [0.29, 0.717) is 31.6 Å². The van der Waals surface area contributed by atoms with Crippen LogP contribution in [0.15, 0.2) is 36.4 Å². The molecule has 1 aromatic heterocycles. The molecule has 1 aliphatic rings. The maximum Gasteiger partial charge on any atom is 0.309 e. The van der Waals surface area contributed by atoms with E-state index in [1.807, 2.05) is 12.1 Å². The number of fused-ring (bicyclic) bond motifs is 1. The van der Waals surface area contributed by atoms with Gasteiger partial charge in [-0.3, -0.25) is 4.79 Å². The minimum atomic E-state index is -0.870. The Bertz CT molecular complexity index is 1160. The van der Waals surface area contributed by atoms with Gasteiger partial charge in [-0.1, -0.05) is 0 Å². The third-order valence-corrected chi connectivity index (χ3v) is 6.68. The molecule has 1 fully saturated rings. The third kappa shape index (κ3) is 4.11. The summed E-state index contributed by atoms with van der Waals surface area (Å²) in [5.41, 5.74) is 3.66. The molecule has 32 heavy (non-hydrogen) atoms. The normalized spacial score (nSPS) is 15.4. The van der Waals surface area contributed by atoms with Crippen molar-refractivity contribution in [3.05, 3.63) is 59.0 Å². The van der Waals surface area contributed by atoms with Crippen molar-refractivity contribution in [2.45, 2.75) is 52.4 Å². The summed E-state index contributed by atoms with van der Waals surface area (Å²) < 4.78 is 21.8. The molecule has 4 rings (SSSR count). The Balaban J connectivity index is 1.96. The predicted molar refractivity (Wildman–Crippen MR) is 122 cm³/mol.